The highest BCUT2D eigenvalue weighted by atomic mass is 32.2. The summed E-state index contributed by atoms with van der Waals surface area (Å²) < 4.78 is 42.1. The van der Waals surface area contributed by atoms with Gasteiger partial charge in [-0.2, -0.15) is 4.72 Å². The number of thioether (sulfide) groups is 1. The Morgan fingerprint density at radius 3 is 2.22 bits per heavy atom. The highest BCUT2D eigenvalue weighted by Gasteiger charge is 2.32. The lowest BCUT2D eigenvalue weighted by atomic mass is 10.0. The van der Waals surface area contributed by atoms with E-state index in [4.69, 9.17) is 9.47 Å². The van der Waals surface area contributed by atoms with E-state index in [1.165, 1.54) is 12.1 Å². The Morgan fingerprint density at radius 2 is 1.53 bits per heavy atom. The number of nitrogens with one attached hydrogen (secondary N) is 2. The number of hydrogen-bond acceptors (Lipinski definition) is 8. The van der Waals surface area contributed by atoms with Gasteiger partial charge < -0.3 is 19.9 Å². The van der Waals surface area contributed by atoms with Crippen LogP contribution in [0.25, 0.3) is 0 Å². The quantitative estimate of drug-likeness (QED) is 0.112. The van der Waals surface area contributed by atoms with Crippen LogP contribution in [0.5, 0.6) is 0 Å². The summed E-state index contributed by atoms with van der Waals surface area (Å²) >= 11 is 1.64. The van der Waals surface area contributed by atoms with Gasteiger partial charge in [0.15, 0.2) is 6.29 Å². The zero-order valence-electron chi connectivity index (χ0n) is 28.2. The van der Waals surface area contributed by atoms with Crippen LogP contribution < -0.4 is 10.0 Å². The van der Waals surface area contributed by atoms with E-state index < -0.39 is 28.3 Å². The molecule has 0 saturated carbocycles. The van der Waals surface area contributed by atoms with Gasteiger partial charge >= 0.3 is 0 Å². The lowest BCUT2D eigenvalue weighted by molar-refractivity contribution is -0.245. The van der Waals surface area contributed by atoms with Crippen LogP contribution >= 0.6 is 11.8 Å². The zero-order valence-corrected chi connectivity index (χ0v) is 29.9. The van der Waals surface area contributed by atoms with Crippen LogP contribution in [0.1, 0.15) is 52.2 Å². The van der Waals surface area contributed by atoms with Crippen molar-refractivity contribution in [1.29, 1.82) is 0 Å². The van der Waals surface area contributed by atoms with Crippen molar-refractivity contribution in [3.05, 3.63) is 161 Å². The number of aryl methyl sites for hydroxylation is 1. The summed E-state index contributed by atoms with van der Waals surface area (Å²) in [7, 11) is -3.95. The SMILES string of the molecule is Cc1ccc(S(=O)(=O)N[C@H](Cc2ccccc2)C(=O)NCc2ccc([C@@H]3O[C@H](CSc4ccccn4)C[C@H](c4ccc(CO)cc4)O3)cc2)cc1. The molecule has 1 fully saturated rings. The molecule has 1 aliphatic rings. The van der Waals surface area contributed by atoms with E-state index >= 15 is 0 Å². The molecule has 9 nitrogen and oxygen atoms in total. The molecule has 0 aliphatic carbocycles. The number of aliphatic hydroxyl groups is 1. The Hall–Kier alpha value is -4.36. The summed E-state index contributed by atoms with van der Waals surface area (Å²) in [6.07, 6.45) is 1.69. The minimum absolute atomic E-state index is 0.0234. The van der Waals surface area contributed by atoms with E-state index in [1.54, 1.807) is 30.1 Å². The summed E-state index contributed by atoms with van der Waals surface area (Å²) in [5.74, 6) is 0.269. The van der Waals surface area contributed by atoms with Crippen LogP contribution in [-0.4, -0.2) is 42.3 Å². The second-order valence-corrected chi connectivity index (χ2v) is 15.2. The molecular weight excluding hydrogens is 683 g/mol. The van der Waals surface area contributed by atoms with Crippen LogP contribution in [0.3, 0.4) is 0 Å². The Balaban J connectivity index is 1.13. The summed E-state index contributed by atoms with van der Waals surface area (Å²) in [5.41, 5.74) is 5.29. The molecule has 4 aromatic carbocycles. The van der Waals surface area contributed by atoms with Crippen LogP contribution in [0, 0.1) is 6.92 Å². The molecule has 3 N–H and O–H groups in total. The first-order valence-electron chi connectivity index (χ1n) is 16.8. The first-order valence-corrected chi connectivity index (χ1v) is 19.3. The molecule has 11 heteroatoms. The molecule has 0 radical (unpaired) electrons. The maximum Gasteiger partial charge on any atom is 0.241 e. The first-order chi connectivity index (χ1) is 24.8. The second-order valence-electron chi connectivity index (χ2n) is 12.5. The average Bonchev–Trinajstić information content (AvgIpc) is 3.17. The summed E-state index contributed by atoms with van der Waals surface area (Å²) in [5, 5.41) is 13.4. The normalized spacial score (nSPS) is 18.2. The smallest absolute Gasteiger partial charge is 0.241 e. The lowest BCUT2D eigenvalue weighted by Gasteiger charge is -2.36. The molecule has 6 rings (SSSR count). The van der Waals surface area contributed by atoms with Crippen molar-refractivity contribution in [3.8, 4) is 0 Å². The molecule has 0 spiro atoms. The van der Waals surface area contributed by atoms with Gasteiger partial charge in [0.1, 0.15) is 6.04 Å². The number of amides is 1. The molecule has 5 aromatic rings. The molecule has 1 saturated heterocycles. The summed E-state index contributed by atoms with van der Waals surface area (Å²) in [6, 6.07) is 36.1. The first kappa shape index (κ1) is 36.4. The van der Waals surface area contributed by atoms with Crippen molar-refractivity contribution in [1.82, 2.24) is 15.0 Å². The number of pyridine rings is 1. The van der Waals surface area contributed by atoms with Crippen LogP contribution in [0.4, 0.5) is 0 Å². The van der Waals surface area contributed by atoms with Gasteiger partial charge in [-0.25, -0.2) is 13.4 Å². The monoisotopic (exact) mass is 723 g/mol. The van der Waals surface area contributed by atoms with E-state index in [9.17, 15) is 18.3 Å². The van der Waals surface area contributed by atoms with Crippen molar-refractivity contribution in [2.45, 2.75) is 67.4 Å². The molecule has 4 atom stereocenters. The Kier molecular flexibility index (Phi) is 12.3. The summed E-state index contributed by atoms with van der Waals surface area (Å²) in [6.45, 7) is 2.06. The minimum Gasteiger partial charge on any atom is -0.392 e. The molecule has 1 aliphatic heterocycles. The number of carbonyl (C=O) groups excluding carboxylic acids is 1. The predicted molar refractivity (Wildman–Crippen MR) is 197 cm³/mol. The Labute approximate surface area is 303 Å². The average molecular weight is 724 g/mol. The van der Waals surface area contributed by atoms with E-state index in [2.05, 4.69) is 15.0 Å². The number of carbonyl (C=O) groups is 1. The largest absolute Gasteiger partial charge is 0.392 e. The molecule has 0 unspecified atom stereocenters. The lowest BCUT2D eigenvalue weighted by Crippen LogP contribution is -2.47. The van der Waals surface area contributed by atoms with Crippen molar-refractivity contribution in [2.75, 3.05) is 5.75 Å². The fraction of sp³-hybridized carbons (Fsp3) is 0.250. The van der Waals surface area contributed by atoms with Crippen LogP contribution in [-0.2, 0) is 43.9 Å². The second kappa shape index (κ2) is 17.2. The van der Waals surface area contributed by atoms with Crippen molar-refractivity contribution >= 4 is 27.7 Å². The third kappa shape index (κ3) is 10.1. The van der Waals surface area contributed by atoms with Gasteiger partial charge in [-0.1, -0.05) is 103 Å². The third-order valence-electron chi connectivity index (χ3n) is 8.62. The highest BCUT2D eigenvalue weighted by Crippen LogP contribution is 2.39. The van der Waals surface area contributed by atoms with E-state index in [-0.39, 0.29) is 36.7 Å². The number of hydrogen-bond donors (Lipinski definition) is 3. The molecule has 1 amide bonds. The number of aromatic nitrogens is 1. The topological polar surface area (TPSA) is 127 Å². The number of nitrogens with zero attached hydrogens (tertiary/aromatic N) is 1. The van der Waals surface area contributed by atoms with Gasteiger partial charge in [-0.05, 0) is 59.9 Å². The fourth-order valence-corrected chi connectivity index (χ4v) is 7.83. The van der Waals surface area contributed by atoms with Gasteiger partial charge in [0.25, 0.3) is 0 Å². The number of ether oxygens (including phenoxy) is 2. The van der Waals surface area contributed by atoms with Crippen molar-refractivity contribution in [3.63, 3.8) is 0 Å². The van der Waals surface area contributed by atoms with Crippen LogP contribution in [0.2, 0.25) is 0 Å². The fourth-order valence-electron chi connectivity index (χ4n) is 5.75. The Morgan fingerprint density at radius 1 is 0.843 bits per heavy atom. The predicted octanol–water partition coefficient (Wildman–Crippen LogP) is 6.43. The number of rotatable bonds is 14. The van der Waals surface area contributed by atoms with Gasteiger partial charge in [0.2, 0.25) is 15.9 Å². The van der Waals surface area contributed by atoms with Gasteiger partial charge in [0.05, 0.1) is 28.7 Å². The molecule has 1 aromatic heterocycles. The summed E-state index contributed by atoms with van der Waals surface area (Å²) in [4.78, 5) is 18.0. The Bertz CT molecular complexity index is 1960. The number of benzene rings is 4. The van der Waals surface area contributed by atoms with Crippen molar-refractivity contribution in [2.24, 2.45) is 0 Å². The van der Waals surface area contributed by atoms with Gasteiger partial charge in [-0.3, -0.25) is 4.79 Å². The third-order valence-corrected chi connectivity index (χ3v) is 11.2. The number of sulfonamides is 1. The zero-order chi connectivity index (χ0) is 35.6. The van der Waals surface area contributed by atoms with E-state index in [0.29, 0.717) is 12.2 Å². The van der Waals surface area contributed by atoms with Crippen LogP contribution in [0.15, 0.2) is 137 Å². The van der Waals surface area contributed by atoms with Crippen molar-refractivity contribution < 1.29 is 27.8 Å². The molecule has 264 valence electrons. The molecule has 0 bridgehead atoms. The standard InChI is InChI=1S/C40H41N3O6S2/c1-28-10-20-35(21-11-28)51(46,47)43-36(23-29-7-3-2-4-8-29)39(45)42-25-30-12-18-33(19-13-30)40-48-34(27-50-38-9-5-6-22-41-38)24-37(49-40)32-16-14-31(26-44)15-17-32/h2-22,34,36-37,40,43-44H,23-27H2,1H3,(H,42,45)/t34-,36+,37+,40+/m0/s1. The molecular formula is C40H41N3O6S2. The maximum atomic E-state index is 13.5. The minimum atomic E-state index is -3.95. The molecule has 2 heterocycles. The van der Waals surface area contributed by atoms with E-state index in [0.717, 1.165) is 38.4 Å². The van der Waals surface area contributed by atoms with Gasteiger partial charge in [0, 0.05) is 30.5 Å². The maximum absolute atomic E-state index is 13.5. The van der Waals surface area contributed by atoms with E-state index in [1.807, 2.05) is 104 Å². The number of aliphatic hydroxyl groups excluding tert-OH is 1. The molecule has 51 heavy (non-hydrogen) atoms. The highest BCUT2D eigenvalue weighted by molar-refractivity contribution is 7.99. The van der Waals surface area contributed by atoms with Gasteiger partial charge in [-0.15, -0.1) is 11.8 Å².